The van der Waals surface area contributed by atoms with Crippen LogP contribution >= 0.6 is 0 Å². The molecule has 0 aliphatic rings. The average molecular weight is 249 g/mol. The Balaban J connectivity index is 2.57. The van der Waals surface area contributed by atoms with Crippen LogP contribution in [0.1, 0.15) is 5.69 Å². The summed E-state index contributed by atoms with van der Waals surface area (Å²) in [5, 5.41) is 0. The maximum atomic E-state index is 13.4. The van der Waals surface area contributed by atoms with Gasteiger partial charge >= 0.3 is 0 Å². The first-order valence-electron chi connectivity index (χ1n) is 5.71. The Kier molecular flexibility index (Phi) is 3.62. The lowest BCUT2D eigenvalue weighted by molar-refractivity contribution is 0.415. The molecule has 2 aromatic rings. The Morgan fingerprint density at radius 2 is 2.22 bits per heavy atom. The molecule has 0 aliphatic carbocycles. The maximum Gasteiger partial charge on any atom is 0.128 e. The van der Waals surface area contributed by atoms with E-state index in [9.17, 15) is 4.39 Å². The fourth-order valence-corrected chi connectivity index (χ4v) is 1.98. The van der Waals surface area contributed by atoms with Gasteiger partial charge in [0.15, 0.2) is 0 Å². The van der Waals surface area contributed by atoms with Crippen molar-refractivity contribution >= 4 is 0 Å². The molecule has 0 aliphatic heterocycles. The second-order valence-corrected chi connectivity index (χ2v) is 4.03. The summed E-state index contributed by atoms with van der Waals surface area (Å²) in [7, 11) is 3.45. The number of ether oxygens (including phenoxy) is 1. The van der Waals surface area contributed by atoms with E-state index in [4.69, 9.17) is 10.5 Å². The molecule has 0 atom stereocenters. The minimum atomic E-state index is -0.310. The number of rotatable bonds is 4. The van der Waals surface area contributed by atoms with Gasteiger partial charge in [0, 0.05) is 24.7 Å². The number of nitrogens with zero attached hydrogens (tertiary/aromatic N) is 2. The molecular weight excluding hydrogens is 233 g/mol. The van der Waals surface area contributed by atoms with E-state index in [1.54, 1.807) is 19.5 Å². The molecule has 2 N–H and O–H groups in total. The summed E-state index contributed by atoms with van der Waals surface area (Å²) in [4.78, 5) is 4.32. The zero-order valence-corrected chi connectivity index (χ0v) is 10.5. The van der Waals surface area contributed by atoms with Crippen molar-refractivity contribution in [2.24, 2.45) is 12.8 Å². The Hall–Kier alpha value is -1.88. The molecule has 0 bridgehead atoms. The first-order valence-corrected chi connectivity index (χ1v) is 5.71. The van der Waals surface area contributed by atoms with Gasteiger partial charge in [-0.3, -0.25) is 0 Å². The van der Waals surface area contributed by atoms with E-state index in [-0.39, 0.29) is 5.82 Å². The summed E-state index contributed by atoms with van der Waals surface area (Å²) in [6, 6.07) is 4.40. The first-order chi connectivity index (χ1) is 8.67. The molecule has 18 heavy (non-hydrogen) atoms. The normalized spacial score (nSPS) is 10.7. The van der Waals surface area contributed by atoms with Crippen molar-refractivity contribution in [3.05, 3.63) is 36.0 Å². The minimum absolute atomic E-state index is 0.310. The number of imidazole rings is 1. The summed E-state index contributed by atoms with van der Waals surface area (Å²) >= 11 is 0. The van der Waals surface area contributed by atoms with Crippen LogP contribution in [0.3, 0.4) is 0 Å². The van der Waals surface area contributed by atoms with Crippen LogP contribution < -0.4 is 10.5 Å². The topological polar surface area (TPSA) is 53.1 Å². The van der Waals surface area contributed by atoms with Crippen LogP contribution in [0.4, 0.5) is 4.39 Å². The molecule has 5 heteroatoms. The van der Waals surface area contributed by atoms with Gasteiger partial charge in [-0.2, -0.15) is 0 Å². The molecule has 0 fully saturated rings. The van der Waals surface area contributed by atoms with Crippen molar-refractivity contribution in [3.63, 3.8) is 0 Å². The molecule has 1 aromatic carbocycles. The molecule has 0 unspecified atom stereocenters. The zero-order chi connectivity index (χ0) is 13.1. The highest BCUT2D eigenvalue weighted by molar-refractivity contribution is 5.69. The standard InChI is InChI=1S/C13H16FN3O/c1-17-8-16-13(11(17)5-6-15)10-7-9(14)3-4-12(10)18-2/h3-4,7-8H,5-6,15H2,1-2H3. The van der Waals surface area contributed by atoms with E-state index in [1.807, 2.05) is 11.6 Å². The number of aromatic nitrogens is 2. The highest BCUT2D eigenvalue weighted by Crippen LogP contribution is 2.31. The van der Waals surface area contributed by atoms with E-state index in [2.05, 4.69) is 4.98 Å². The lowest BCUT2D eigenvalue weighted by Gasteiger charge is -2.09. The molecule has 4 nitrogen and oxygen atoms in total. The predicted octanol–water partition coefficient (Wildman–Crippen LogP) is 1.74. The fraction of sp³-hybridized carbons (Fsp3) is 0.308. The number of benzene rings is 1. The van der Waals surface area contributed by atoms with Crippen molar-refractivity contribution in [2.75, 3.05) is 13.7 Å². The van der Waals surface area contributed by atoms with Gasteiger partial charge in [0.05, 0.1) is 19.1 Å². The number of hydrogen-bond donors (Lipinski definition) is 1. The summed E-state index contributed by atoms with van der Waals surface area (Å²) in [6.07, 6.45) is 2.39. The fourth-order valence-electron chi connectivity index (χ4n) is 1.98. The Labute approximate surface area is 105 Å². The molecule has 0 spiro atoms. The van der Waals surface area contributed by atoms with Crippen molar-refractivity contribution < 1.29 is 9.13 Å². The largest absolute Gasteiger partial charge is 0.496 e. The molecule has 96 valence electrons. The third-order valence-electron chi connectivity index (χ3n) is 2.86. The third-order valence-corrected chi connectivity index (χ3v) is 2.86. The smallest absolute Gasteiger partial charge is 0.128 e. The van der Waals surface area contributed by atoms with Gasteiger partial charge in [0.25, 0.3) is 0 Å². The number of aryl methyl sites for hydroxylation is 1. The SMILES string of the molecule is COc1ccc(F)cc1-c1ncn(C)c1CCN. The number of halogens is 1. The number of hydrogen-bond acceptors (Lipinski definition) is 3. The van der Waals surface area contributed by atoms with Crippen LogP contribution in [-0.2, 0) is 13.5 Å². The maximum absolute atomic E-state index is 13.4. The summed E-state index contributed by atoms with van der Waals surface area (Å²) in [5.74, 6) is 0.295. The van der Waals surface area contributed by atoms with E-state index >= 15 is 0 Å². The molecule has 0 amide bonds. The van der Waals surface area contributed by atoms with Gasteiger partial charge in [-0.25, -0.2) is 9.37 Å². The summed E-state index contributed by atoms with van der Waals surface area (Å²) in [6.45, 7) is 0.518. The van der Waals surface area contributed by atoms with Crippen molar-refractivity contribution in [2.45, 2.75) is 6.42 Å². The van der Waals surface area contributed by atoms with Crippen LogP contribution in [0.15, 0.2) is 24.5 Å². The first kappa shape index (κ1) is 12.6. The van der Waals surface area contributed by atoms with Gasteiger partial charge in [0.1, 0.15) is 11.6 Å². The molecule has 2 rings (SSSR count). The zero-order valence-electron chi connectivity index (χ0n) is 10.5. The van der Waals surface area contributed by atoms with Crippen LogP contribution in [0.25, 0.3) is 11.3 Å². The van der Waals surface area contributed by atoms with E-state index < -0.39 is 0 Å². The third kappa shape index (κ3) is 2.22. The summed E-state index contributed by atoms with van der Waals surface area (Å²) < 4.78 is 20.5. The van der Waals surface area contributed by atoms with Gasteiger partial charge in [-0.05, 0) is 24.7 Å². The van der Waals surface area contributed by atoms with E-state index in [0.717, 1.165) is 11.4 Å². The Morgan fingerprint density at radius 1 is 1.44 bits per heavy atom. The van der Waals surface area contributed by atoms with Crippen molar-refractivity contribution in [1.82, 2.24) is 9.55 Å². The van der Waals surface area contributed by atoms with Crippen molar-refractivity contribution in [1.29, 1.82) is 0 Å². The van der Waals surface area contributed by atoms with Crippen LogP contribution in [-0.4, -0.2) is 23.2 Å². The second kappa shape index (κ2) is 5.18. The highest BCUT2D eigenvalue weighted by atomic mass is 19.1. The van der Waals surface area contributed by atoms with Crippen LogP contribution in [0.5, 0.6) is 5.75 Å². The van der Waals surface area contributed by atoms with E-state index in [1.165, 1.54) is 12.1 Å². The lowest BCUT2D eigenvalue weighted by atomic mass is 10.1. The van der Waals surface area contributed by atoms with Gasteiger partial charge < -0.3 is 15.0 Å². The monoisotopic (exact) mass is 249 g/mol. The Morgan fingerprint density at radius 3 is 2.89 bits per heavy atom. The van der Waals surface area contributed by atoms with Gasteiger partial charge in [-0.1, -0.05) is 0 Å². The molecule has 1 aromatic heterocycles. The Bertz CT molecular complexity index is 551. The summed E-state index contributed by atoms with van der Waals surface area (Å²) in [5.41, 5.74) is 7.94. The highest BCUT2D eigenvalue weighted by Gasteiger charge is 2.15. The lowest BCUT2D eigenvalue weighted by Crippen LogP contribution is -2.07. The molecule has 1 heterocycles. The van der Waals surface area contributed by atoms with Crippen molar-refractivity contribution in [3.8, 4) is 17.0 Å². The molecular formula is C13H16FN3O. The second-order valence-electron chi connectivity index (χ2n) is 4.03. The quantitative estimate of drug-likeness (QED) is 0.898. The average Bonchev–Trinajstić information content (AvgIpc) is 2.72. The van der Waals surface area contributed by atoms with Gasteiger partial charge in [-0.15, -0.1) is 0 Å². The van der Waals surface area contributed by atoms with Crippen LogP contribution in [0, 0.1) is 5.82 Å². The molecule has 0 saturated heterocycles. The molecule has 0 radical (unpaired) electrons. The van der Waals surface area contributed by atoms with E-state index in [0.29, 0.717) is 24.3 Å². The number of methoxy groups -OCH3 is 1. The number of nitrogens with two attached hydrogens (primary N) is 1. The van der Waals surface area contributed by atoms with Crippen LogP contribution in [0.2, 0.25) is 0 Å². The predicted molar refractivity (Wildman–Crippen MR) is 67.9 cm³/mol. The minimum Gasteiger partial charge on any atom is -0.496 e. The molecule has 0 saturated carbocycles. The van der Waals surface area contributed by atoms with Gasteiger partial charge in [0.2, 0.25) is 0 Å².